The zero-order valence-electron chi connectivity index (χ0n) is 15.8. The molecule has 1 aromatic heterocycles. The number of aromatic nitrogens is 4. The molecule has 3 rings (SSSR count). The molecule has 1 amide bonds. The molecule has 27 heavy (non-hydrogen) atoms. The van der Waals surface area contributed by atoms with E-state index in [0.29, 0.717) is 22.3 Å². The van der Waals surface area contributed by atoms with Crippen LogP contribution in [-0.4, -0.2) is 62.2 Å². The smallest absolute Gasteiger partial charge is 0.221 e. The van der Waals surface area contributed by atoms with Crippen molar-refractivity contribution in [3.8, 4) is 0 Å². The zero-order chi connectivity index (χ0) is 19.4. The molecule has 1 N–H and O–H groups in total. The molecule has 0 unspecified atom stereocenters. The van der Waals surface area contributed by atoms with E-state index in [1.54, 1.807) is 28.9 Å². The number of carbonyl (C=O) groups is 2. The van der Waals surface area contributed by atoms with Crippen LogP contribution < -0.4 is 5.32 Å². The van der Waals surface area contributed by atoms with Gasteiger partial charge in [0.2, 0.25) is 11.1 Å². The van der Waals surface area contributed by atoms with Crippen LogP contribution in [0.2, 0.25) is 0 Å². The quantitative estimate of drug-likeness (QED) is 0.572. The first kappa shape index (κ1) is 19.5. The fourth-order valence-electron chi connectivity index (χ4n) is 3.18. The molecule has 144 valence electrons. The van der Waals surface area contributed by atoms with E-state index in [1.807, 2.05) is 6.92 Å². The molecule has 8 nitrogen and oxygen atoms in total. The van der Waals surface area contributed by atoms with E-state index in [2.05, 4.69) is 32.8 Å². The number of ketones is 1. The number of thioether (sulfide) groups is 1. The monoisotopic (exact) mass is 388 g/mol. The Morgan fingerprint density at radius 1 is 1.33 bits per heavy atom. The summed E-state index contributed by atoms with van der Waals surface area (Å²) in [6.07, 6.45) is 1.13. The summed E-state index contributed by atoms with van der Waals surface area (Å²) in [4.78, 5) is 26.1. The van der Waals surface area contributed by atoms with Crippen LogP contribution in [0.1, 0.15) is 30.6 Å². The number of Topliss-reactive ketones (excluding diaryl/α,β-unsaturated/α-hetero) is 1. The lowest BCUT2D eigenvalue weighted by molar-refractivity contribution is -0.114. The maximum atomic E-state index is 12.7. The Morgan fingerprint density at radius 2 is 2.07 bits per heavy atom. The van der Waals surface area contributed by atoms with Crippen LogP contribution in [0.25, 0.3) is 0 Å². The fourth-order valence-corrected chi connectivity index (χ4v) is 4.06. The van der Waals surface area contributed by atoms with Crippen molar-refractivity contribution in [2.24, 2.45) is 5.92 Å². The minimum Gasteiger partial charge on any atom is -0.326 e. The van der Waals surface area contributed by atoms with Crippen LogP contribution in [0.15, 0.2) is 29.4 Å². The highest BCUT2D eigenvalue weighted by Gasteiger charge is 2.24. The molecular weight excluding hydrogens is 364 g/mol. The first-order chi connectivity index (χ1) is 12.9. The lowest BCUT2D eigenvalue weighted by Crippen LogP contribution is -2.19. The number of benzene rings is 1. The molecule has 2 aromatic rings. The highest BCUT2D eigenvalue weighted by Crippen LogP contribution is 2.25. The Bertz CT molecular complexity index is 806. The van der Waals surface area contributed by atoms with Gasteiger partial charge in [0.25, 0.3) is 0 Å². The Hall–Kier alpha value is -2.26. The Morgan fingerprint density at radius 3 is 2.70 bits per heavy atom. The van der Waals surface area contributed by atoms with Gasteiger partial charge in [0.1, 0.15) is 0 Å². The molecule has 0 saturated carbocycles. The summed E-state index contributed by atoms with van der Waals surface area (Å²) in [7, 11) is 2.12. The molecule has 0 bridgehead atoms. The first-order valence-corrected chi connectivity index (χ1v) is 9.83. The highest BCUT2D eigenvalue weighted by molar-refractivity contribution is 8.00. The van der Waals surface area contributed by atoms with E-state index in [0.717, 1.165) is 26.1 Å². The maximum Gasteiger partial charge on any atom is 0.221 e. The number of hydrogen-bond donors (Lipinski definition) is 1. The lowest BCUT2D eigenvalue weighted by atomic mass is 10.1. The van der Waals surface area contributed by atoms with Gasteiger partial charge in [-0.15, -0.1) is 5.10 Å². The molecular formula is C18H24N6O2S. The molecule has 1 aliphatic heterocycles. The Labute approximate surface area is 162 Å². The third-order valence-electron chi connectivity index (χ3n) is 4.56. The van der Waals surface area contributed by atoms with E-state index in [-0.39, 0.29) is 16.9 Å². The van der Waals surface area contributed by atoms with Crippen molar-refractivity contribution in [1.82, 2.24) is 25.1 Å². The van der Waals surface area contributed by atoms with E-state index in [1.165, 1.54) is 18.7 Å². The summed E-state index contributed by atoms with van der Waals surface area (Å²) in [6.45, 7) is 6.21. The van der Waals surface area contributed by atoms with Crippen molar-refractivity contribution in [2.75, 3.05) is 25.5 Å². The van der Waals surface area contributed by atoms with Crippen LogP contribution >= 0.6 is 11.8 Å². The number of nitrogens with zero attached hydrogens (tertiary/aromatic N) is 5. The van der Waals surface area contributed by atoms with Gasteiger partial charge in [-0.05, 0) is 67.5 Å². The van der Waals surface area contributed by atoms with Crippen molar-refractivity contribution < 1.29 is 9.59 Å². The van der Waals surface area contributed by atoms with E-state index >= 15 is 0 Å². The molecule has 0 spiro atoms. The van der Waals surface area contributed by atoms with Crippen LogP contribution in [0.5, 0.6) is 0 Å². The lowest BCUT2D eigenvalue weighted by Gasteiger charge is -2.13. The standard InChI is InChI=1S/C18H24N6O2S/c1-12(17(26)15-4-6-16(7-5-15)19-13(2)25)27-18-20-21-22-24(18)11-14-8-9-23(3)10-14/h4-7,12,14H,8-11H2,1-3H3,(H,19,25)/t12-,14+/m1/s1. The molecule has 2 heterocycles. The third kappa shape index (κ3) is 5.14. The molecule has 1 aliphatic rings. The van der Waals surface area contributed by atoms with Crippen LogP contribution in [0.3, 0.4) is 0 Å². The molecule has 0 aliphatic carbocycles. The molecule has 2 atom stereocenters. The SMILES string of the molecule is CC(=O)Nc1ccc(C(=O)[C@@H](C)Sc2nnnn2C[C@H]2CCN(C)C2)cc1. The van der Waals surface area contributed by atoms with Gasteiger partial charge < -0.3 is 10.2 Å². The second kappa shape index (κ2) is 8.62. The molecule has 1 aromatic carbocycles. The number of rotatable bonds is 7. The predicted octanol–water partition coefficient (Wildman–Crippen LogP) is 1.95. The summed E-state index contributed by atoms with van der Waals surface area (Å²) >= 11 is 1.37. The van der Waals surface area contributed by atoms with Crippen LogP contribution in [0, 0.1) is 5.92 Å². The number of tetrazole rings is 1. The van der Waals surface area contributed by atoms with Crippen molar-refractivity contribution in [3.63, 3.8) is 0 Å². The zero-order valence-corrected chi connectivity index (χ0v) is 16.6. The summed E-state index contributed by atoms with van der Waals surface area (Å²) in [5, 5.41) is 15.0. The van der Waals surface area contributed by atoms with Crippen molar-refractivity contribution in [1.29, 1.82) is 0 Å². The second-order valence-electron chi connectivity index (χ2n) is 6.94. The van der Waals surface area contributed by atoms with Gasteiger partial charge in [-0.25, -0.2) is 4.68 Å². The van der Waals surface area contributed by atoms with Crippen molar-refractivity contribution >= 4 is 29.1 Å². The minimum atomic E-state index is -0.312. The van der Waals surface area contributed by atoms with Gasteiger partial charge in [-0.3, -0.25) is 9.59 Å². The van der Waals surface area contributed by atoms with Gasteiger partial charge >= 0.3 is 0 Å². The second-order valence-corrected chi connectivity index (χ2v) is 8.25. The summed E-state index contributed by atoms with van der Waals surface area (Å²) in [5.74, 6) is 0.396. The number of hydrogen-bond acceptors (Lipinski definition) is 7. The number of anilines is 1. The van der Waals surface area contributed by atoms with Crippen molar-refractivity contribution in [3.05, 3.63) is 29.8 Å². The largest absolute Gasteiger partial charge is 0.326 e. The van der Waals surface area contributed by atoms with Crippen molar-refractivity contribution in [2.45, 2.75) is 37.2 Å². The average Bonchev–Trinajstić information content (AvgIpc) is 3.24. The van der Waals surface area contributed by atoms with E-state index in [9.17, 15) is 9.59 Å². The van der Waals surface area contributed by atoms with Gasteiger partial charge in [-0.2, -0.15) is 0 Å². The molecule has 1 saturated heterocycles. The van der Waals surface area contributed by atoms with Gasteiger partial charge in [0.05, 0.1) is 5.25 Å². The number of likely N-dealkylation sites (tertiary alicyclic amines) is 1. The van der Waals surface area contributed by atoms with E-state index in [4.69, 9.17) is 0 Å². The average molecular weight is 388 g/mol. The topological polar surface area (TPSA) is 93.0 Å². The third-order valence-corrected chi connectivity index (χ3v) is 5.63. The minimum absolute atomic E-state index is 0.00419. The molecule has 9 heteroatoms. The summed E-state index contributed by atoms with van der Waals surface area (Å²) in [6, 6.07) is 6.91. The van der Waals surface area contributed by atoms with Gasteiger partial charge in [0, 0.05) is 31.3 Å². The van der Waals surface area contributed by atoms with E-state index < -0.39 is 0 Å². The van der Waals surface area contributed by atoms with Gasteiger partial charge in [0.15, 0.2) is 5.78 Å². The fraction of sp³-hybridized carbons (Fsp3) is 0.500. The van der Waals surface area contributed by atoms with Gasteiger partial charge in [-0.1, -0.05) is 11.8 Å². The summed E-state index contributed by atoms with van der Waals surface area (Å²) in [5.41, 5.74) is 1.27. The Kier molecular flexibility index (Phi) is 6.22. The van der Waals surface area contributed by atoms with Crippen LogP contribution in [-0.2, 0) is 11.3 Å². The first-order valence-electron chi connectivity index (χ1n) is 8.95. The number of carbonyl (C=O) groups excluding carboxylic acids is 2. The predicted molar refractivity (Wildman–Crippen MR) is 104 cm³/mol. The number of nitrogens with one attached hydrogen (secondary N) is 1. The molecule has 1 fully saturated rings. The van der Waals surface area contributed by atoms with Crippen LogP contribution in [0.4, 0.5) is 5.69 Å². The number of amides is 1. The summed E-state index contributed by atoms with van der Waals surface area (Å²) < 4.78 is 1.80. The highest BCUT2D eigenvalue weighted by atomic mass is 32.2. The molecule has 0 radical (unpaired) electrons. The maximum absolute atomic E-state index is 12.7. The normalized spacial score (nSPS) is 18.4. The Balaban J connectivity index is 1.61.